The van der Waals surface area contributed by atoms with Gasteiger partial charge in [-0.05, 0) is 54.5 Å². The zero-order chi connectivity index (χ0) is 9.68. The predicted octanol–water partition coefficient (Wildman–Crippen LogP) is 2.51. The first kappa shape index (κ1) is 11.2. The van der Waals surface area contributed by atoms with Crippen molar-refractivity contribution in [2.24, 2.45) is 5.73 Å². The maximum absolute atomic E-state index is 5.48. The second-order valence-electron chi connectivity index (χ2n) is 2.91. The van der Waals surface area contributed by atoms with Crippen molar-refractivity contribution < 1.29 is 0 Å². The summed E-state index contributed by atoms with van der Waals surface area (Å²) in [4.78, 5) is 1.38. The van der Waals surface area contributed by atoms with Crippen molar-refractivity contribution in [1.29, 1.82) is 0 Å². The predicted molar refractivity (Wildman–Crippen MR) is 62.1 cm³/mol. The maximum atomic E-state index is 5.48. The molecule has 2 nitrogen and oxygen atoms in total. The average molecular weight is 263 g/mol. The van der Waals surface area contributed by atoms with Crippen LogP contribution in [-0.4, -0.2) is 13.6 Å². The van der Waals surface area contributed by atoms with Crippen LogP contribution in [0.5, 0.6) is 0 Å². The molecule has 1 unspecified atom stereocenters. The molecule has 1 aromatic heterocycles. The Morgan fingerprint density at radius 3 is 2.85 bits per heavy atom. The summed E-state index contributed by atoms with van der Waals surface area (Å²) in [5, 5.41) is 3.30. The van der Waals surface area contributed by atoms with E-state index in [0.29, 0.717) is 6.04 Å². The highest BCUT2D eigenvalue weighted by Crippen LogP contribution is 2.29. The van der Waals surface area contributed by atoms with E-state index in [2.05, 4.69) is 33.4 Å². The van der Waals surface area contributed by atoms with Gasteiger partial charge in [-0.2, -0.15) is 0 Å². The van der Waals surface area contributed by atoms with Crippen molar-refractivity contribution in [1.82, 2.24) is 5.32 Å². The van der Waals surface area contributed by atoms with E-state index in [1.165, 1.54) is 8.66 Å². The smallest absolute Gasteiger partial charge is 0.0701 e. The van der Waals surface area contributed by atoms with Gasteiger partial charge in [0.1, 0.15) is 0 Å². The van der Waals surface area contributed by atoms with Crippen LogP contribution in [0.1, 0.15) is 23.8 Å². The number of hydrogen-bond donors (Lipinski definition) is 2. The molecule has 0 saturated carbocycles. The van der Waals surface area contributed by atoms with E-state index in [1.54, 1.807) is 11.3 Å². The van der Waals surface area contributed by atoms with E-state index < -0.39 is 0 Å². The second-order valence-corrected chi connectivity index (χ2v) is 5.41. The van der Waals surface area contributed by atoms with E-state index in [0.717, 1.165) is 19.4 Å². The van der Waals surface area contributed by atoms with Crippen molar-refractivity contribution in [2.75, 3.05) is 13.6 Å². The zero-order valence-corrected chi connectivity index (χ0v) is 10.1. The van der Waals surface area contributed by atoms with Crippen LogP contribution >= 0.6 is 27.3 Å². The Kier molecular flexibility index (Phi) is 4.94. The first-order valence-electron chi connectivity index (χ1n) is 4.40. The fraction of sp³-hybridized carbons (Fsp3) is 0.556. The van der Waals surface area contributed by atoms with Gasteiger partial charge in [0.05, 0.1) is 3.79 Å². The molecule has 1 heterocycles. The molecular formula is C9H15BrN2S. The Morgan fingerprint density at radius 2 is 2.38 bits per heavy atom. The second kappa shape index (κ2) is 5.75. The van der Waals surface area contributed by atoms with Crippen LogP contribution in [0.2, 0.25) is 0 Å². The Hall–Kier alpha value is 0.1000. The normalized spacial score (nSPS) is 13.2. The van der Waals surface area contributed by atoms with Gasteiger partial charge in [-0.3, -0.25) is 0 Å². The molecule has 1 rings (SSSR count). The third-order valence-electron chi connectivity index (χ3n) is 1.98. The Bertz CT molecular complexity index is 250. The summed E-state index contributed by atoms with van der Waals surface area (Å²) in [5.74, 6) is 0. The Morgan fingerprint density at radius 1 is 1.62 bits per heavy atom. The lowest BCUT2D eigenvalue weighted by molar-refractivity contribution is 0.539. The maximum Gasteiger partial charge on any atom is 0.0701 e. The first-order valence-corrected chi connectivity index (χ1v) is 6.01. The van der Waals surface area contributed by atoms with E-state index in [1.807, 2.05) is 7.05 Å². The van der Waals surface area contributed by atoms with Gasteiger partial charge >= 0.3 is 0 Å². The summed E-state index contributed by atoms with van der Waals surface area (Å²) in [6.07, 6.45) is 2.18. The molecule has 0 aromatic carbocycles. The number of hydrogen-bond acceptors (Lipinski definition) is 3. The lowest BCUT2D eigenvalue weighted by atomic mass is 10.1. The standard InChI is InChI=1S/C9H15BrN2S/c1-12-7(3-2-6-11)8-4-5-9(10)13-8/h4-5,7,12H,2-3,6,11H2,1H3. The SMILES string of the molecule is CNC(CCCN)c1ccc(Br)s1. The van der Waals surface area contributed by atoms with Gasteiger partial charge in [-0.25, -0.2) is 0 Å². The van der Waals surface area contributed by atoms with E-state index in [9.17, 15) is 0 Å². The van der Waals surface area contributed by atoms with Crippen LogP contribution in [0.25, 0.3) is 0 Å². The first-order chi connectivity index (χ1) is 6.27. The van der Waals surface area contributed by atoms with Gasteiger partial charge < -0.3 is 11.1 Å². The van der Waals surface area contributed by atoms with Crippen molar-refractivity contribution in [2.45, 2.75) is 18.9 Å². The highest BCUT2D eigenvalue weighted by molar-refractivity contribution is 9.11. The number of nitrogens with one attached hydrogen (secondary N) is 1. The van der Waals surface area contributed by atoms with Gasteiger partial charge in [-0.1, -0.05) is 0 Å². The average Bonchev–Trinajstić information content (AvgIpc) is 2.54. The molecule has 74 valence electrons. The van der Waals surface area contributed by atoms with Gasteiger partial charge in [0.25, 0.3) is 0 Å². The molecule has 4 heteroatoms. The minimum Gasteiger partial charge on any atom is -0.330 e. The summed E-state index contributed by atoms with van der Waals surface area (Å²) in [7, 11) is 1.99. The topological polar surface area (TPSA) is 38.0 Å². The van der Waals surface area contributed by atoms with Crippen molar-refractivity contribution >= 4 is 27.3 Å². The van der Waals surface area contributed by atoms with E-state index in [4.69, 9.17) is 5.73 Å². The third kappa shape index (κ3) is 3.38. The molecule has 0 amide bonds. The Balaban J connectivity index is 2.56. The minimum atomic E-state index is 0.458. The minimum absolute atomic E-state index is 0.458. The molecule has 1 aromatic rings. The van der Waals surface area contributed by atoms with Crippen LogP contribution in [-0.2, 0) is 0 Å². The number of nitrogens with two attached hydrogens (primary N) is 1. The summed E-state index contributed by atoms with van der Waals surface area (Å²) in [6.45, 7) is 0.769. The van der Waals surface area contributed by atoms with Crippen molar-refractivity contribution in [3.63, 3.8) is 0 Å². The molecule has 0 aliphatic heterocycles. The fourth-order valence-corrected chi connectivity index (χ4v) is 2.83. The van der Waals surface area contributed by atoms with Crippen LogP contribution in [0.3, 0.4) is 0 Å². The van der Waals surface area contributed by atoms with Gasteiger partial charge in [-0.15, -0.1) is 11.3 Å². The summed E-state index contributed by atoms with van der Waals surface area (Å²) < 4.78 is 1.19. The van der Waals surface area contributed by atoms with E-state index in [-0.39, 0.29) is 0 Å². The fourth-order valence-electron chi connectivity index (χ4n) is 1.27. The molecule has 0 aliphatic carbocycles. The van der Waals surface area contributed by atoms with Crippen LogP contribution < -0.4 is 11.1 Å². The van der Waals surface area contributed by atoms with Gasteiger partial charge in [0, 0.05) is 10.9 Å². The third-order valence-corrected chi connectivity index (χ3v) is 3.72. The van der Waals surface area contributed by atoms with Gasteiger partial charge in [0.2, 0.25) is 0 Å². The molecule has 13 heavy (non-hydrogen) atoms. The summed E-state index contributed by atoms with van der Waals surface area (Å²) >= 11 is 5.25. The summed E-state index contributed by atoms with van der Waals surface area (Å²) in [5.41, 5.74) is 5.48. The molecule has 0 bridgehead atoms. The zero-order valence-electron chi connectivity index (χ0n) is 7.72. The number of thiophene rings is 1. The van der Waals surface area contributed by atoms with E-state index >= 15 is 0 Å². The van der Waals surface area contributed by atoms with Crippen LogP contribution in [0.4, 0.5) is 0 Å². The monoisotopic (exact) mass is 262 g/mol. The van der Waals surface area contributed by atoms with Crippen LogP contribution in [0.15, 0.2) is 15.9 Å². The van der Waals surface area contributed by atoms with Crippen LogP contribution in [0, 0.1) is 0 Å². The van der Waals surface area contributed by atoms with Gasteiger partial charge in [0.15, 0.2) is 0 Å². The lowest BCUT2D eigenvalue weighted by Gasteiger charge is -2.13. The molecule has 0 fully saturated rings. The molecule has 0 saturated heterocycles. The highest BCUT2D eigenvalue weighted by atomic mass is 79.9. The molecule has 3 N–H and O–H groups in total. The number of rotatable bonds is 5. The largest absolute Gasteiger partial charge is 0.330 e. The quantitative estimate of drug-likeness (QED) is 0.856. The molecule has 0 aliphatic rings. The molecule has 1 atom stereocenters. The molecule has 0 radical (unpaired) electrons. The Labute approximate surface area is 91.7 Å². The van der Waals surface area contributed by atoms with Crippen molar-refractivity contribution in [3.05, 3.63) is 20.8 Å². The summed E-state index contributed by atoms with van der Waals surface area (Å²) in [6, 6.07) is 4.71. The lowest BCUT2D eigenvalue weighted by Crippen LogP contribution is -2.16. The molecule has 0 spiro atoms. The highest BCUT2D eigenvalue weighted by Gasteiger charge is 2.10. The molecular weight excluding hydrogens is 248 g/mol. The van der Waals surface area contributed by atoms with Crippen molar-refractivity contribution in [3.8, 4) is 0 Å². The number of halogens is 1.